The zero-order valence-electron chi connectivity index (χ0n) is 13.7. The number of carboxylic acids is 1. The predicted molar refractivity (Wildman–Crippen MR) is 89.6 cm³/mol. The van der Waals surface area contributed by atoms with Crippen LogP contribution in [0.2, 0.25) is 5.02 Å². The lowest BCUT2D eigenvalue weighted by Crippen LogP contribution is -2.54. The van der Waals surface area contributed by atoms with Crippen LogP contribution in [-0.4, -0.2) is 41.7 Å². The molecule has 0 aromatic heterocycles. The summed E-state index contributed by atoms with van der Waals surface area (Å²) in [5.41, 5.74) is 3.40. The first-order valence-corrected chi connectivity index (χ1v) is 8.05. The van der Waals surface area contributed by atoms with Crippen molar-refractivity contribution in [2.75, 3.05) is 19.6 Å². The third-order valence-electron chi connectivity index (χ3n) is 4.25. The van der Waals surface area contributed by atoms with Gasteiger partial charge in [-0.25, -0.2) is 0 Å². The molecule has 2 rings (SSSR count). The fourth-order valence-corrected chi connectivity index (χ4v) is 3.34. The SMILES string of the molecule is Cc1cc(C(C)(C)C)c(Cl)cc1CN1CCNC[C@H]1C(=O)O. The predicted octanol–water partition coefficient (Wildman–Crippen LogP) is 2.80. The molecule has 0 spiro atoms. The molecule has 22 heavy (non-hydrogen) atoms. The van der Waals surface area contributed by atoms with Crippen molar-refractivity contribution in [2.45, 2.75) is 45.7 Å². The number of nitrogens with zero attached hydrogens (tertiary/aromatic N) is 1. The van der Waals surface area contributed by atoms with Crippen molar-refractivity contribution in [3.63, 3.8) is 0 Å². The van der Waals surface area contributed by atoms with Crippen molar-refractivity contribution >= 4 is 17.6 Å². The molecular weight excluding hydrogens is 300 g/mol. The summed E-state index contributed by atoms with van der Waals surface area (Å²) in [5.74, 6) is -0.776. The highest BCUT2D eigenvalue weighted by molar-refractivity contribution is 6.31. The molecule has 0 unspecified atom stereocenters. The highest BCUT2D eigenvalue weighted by atomic mass is 35.5. The standard InChI is InChI=1S/C17H25ClN2O2/c1-11-7-13(17(2,3)4)14(18)8-12(11)10-20-6-5-19-9-15(20)16(21)22/h7-8,15,19H,5-6,9-10H2,1-4H3,(H,21,22)/t15-/m0/s1. The molecule has 0 bridgehead atoms. The second-order valence-corrected chi connectivity index (χ2v) is 7.44. The maximum absolute atomic E-state index is 11.4. The Morgan fingerprint density at radius 3 is 2.73 bits per heavy atom. The van der Waals surface area contributed by atoms with Crippen LogP contribution < -0.4 is 5.32 Å². The average molecular weight is 325 g/mol. The summed E-state index contributed by atoms with van der Waals surface area (Å²) < 4.78 is 0. The van der Waals surface area contributed by atoms with Crippen molar-refractivity contribution in [3.8, 4) is 0 Å². The number of piperazine rings is 1. The van der Waals surface area contributed by atoms with Crippen molar-refractivity contribution < 1.29 is 9.90 Å². The lowest BCUT2D eigenvalue weighted by molar-refractivity contribution is -0.144. The Morgan fingerprint density at radius 2 is 2.14 bits per heavy atom. The normalized spacial score (nSPS) is 20.1. The van der Waals surface area contributed by atoms with Gasteiger partial charge in [-0.3, -0.25) is 9.69 Å². The first-order valence-electron chi connectivity index (χ1n) is 7.67. The molecule has 1 aromatic rings. The van der Waals surface area contributed by atoms with Crippen LogP contribution in [0.1, 0.15) is 37.5 Å². The molecule has 0 radical (unpaired) electrons. The van der Waals surface area contributed by atoms with Crippen LogP contribution in [0, 0.1) is 6.92 Å². The van der Waals surface area contributed by atoms with Gasteiger partial charge >= 0.3 is 5.97 Å². The van der Waals surface area contributed by atoms with E-state index in [0.717, 1.165) is 34.8 Å². The van der Waals surface area contributed by atoms with Crippen LogP contribution in [0.25, 0.3) is 0 Å². The molecule has 1 atom stereocenters. The number of nitrogens with one attached hydrogen (secondary N) is 1. The molecule has 0 saturated carbocycles. The largest absolute Gasteiger partial charge is 0.480 e. The number of hydrogen-bond acceptors (Lipinski definition) is 3. The molecule has 0 aliphatic carbocycles. The number of aryl methyl sites for hydroxylation is 1. The molecule has 1 aliphatic heterocycles. The summed E-state index contributed by atoms with van der Waals surface area (Å²) in [6.07, 6.45) is 0. The molecule has 1 heterocycles. The molecule has 1 aliphatic rings. The number of hydrogen-bond donors (Lipinski definition) is 2. The van der Waals surface area contributed by atoms with Gasteiger partial charge in [0.05, 0.1) is 0 Å². The lowest BCUT2D eigenvalue weighted by Gasteiger charge is -2.34. The van der Waals surface area contributed by atoms with E-state index >= 15 is 0 Å². The topological polar surface area (TPSA) is 52.6 Å². The minimum Gasteiger partial charge on any atom is -0.480 e. The minimum atomic E-state index is -0.776. The van der Waals surface area contributed by atoms with Gasteiger partial charge in [-0.2, -0.15) is 0 Å². The van der Waals surface area contributed by atoms with E-state index in [-0.39, 0.29) is 5.41 Å². The zero-order valence-corrected chi connectivity index (χ0v) is 14.5. The maximum atomic E-state index is 11.4. The van der Waals surface area contributed by atoms with Crippen molar-refractivity contribution in [1.29, 1.82) is 0 Å². The summed E-state index contributed by atoms with van der Waals surface area (Å²) >= 11 is 6.46. The Balaban J connectivity index is 2.26. The van der Waals surface area contributed by atoms with E-state index in [1.807, 2.05) is 11.0 Å². The highest BCUT2D eigenvalue weighted by Crippen LogP contribution is 2.32. The zero-order chi connectivity index (χ0) is 16.5. The Kier molecular flexibility index (Phi) is 5.15. The number of carbonyl (C=O) groups is 1. The van der Waals surface area contributed by atoms with E-state index in [9.17, 15) is 9.90 Å². The van der Waals surface area contributed by atoms with E-state index in [1.165, 1.54) is 0 Å². The maximum Gasteiger partial charge on any atom is 0.322 e. The van der Waals surface area contributed by atoms with Gasteiger partial charge in [0.15, 0.2) is 0 Å². The van der Waals surface area contributed by atoms with Gasteiger partial charge in [-0.15, -0.1) is 0 Å². The van der Waals surface area contributed by atoms with E-state index in [2.05, 4.69) is 39.1 Å². The molecular formula is C17H25ClN2O2. The van der Waals surface area contributed by atoms with Crippen LogP contribution in [0.3, 0.4) is 0 Å². The van der Waals surface area contributed by atoms with Gasteiger partial charge < -0.3 is 10.4 Å². The highest BCUT2D eigenvalue weighted by Gasteiger charge is 2.29. The van der Waals surface area contributed by atoms with E-state index < -0.39 is 12.0 Å². The van der Waals surface area contributed by atoms with Crippen molar-refractivity contribution in [1.82, 2.24) is 10.2 Å². The number of benzene rings is 1. The number of rotatable bonds is 3. The first kappa shape index (κ1) is 17.3. The third-order valence-corrected chi connectivity index (χ3v) is 4.56. The molecule has 0 amide bonds. The number of halogens is 1. The van der Waals surface area contributed by atoms with E-state index in [0.29, 0.717) is 13.1 Å². The smallest absolute Gasteiger partial charge is 0.322 e. The number of carboxylic acid groups (broad SMARTS) is 1. The lowest BCUT2D eigenvalue weighted by atomic mass is 9.85. The minimum absolute atomic E-state index is 0.000975. The fraction of sp³-hybridized carbons (Fsp3) is 0.588. The fourth-order valence-electron chi connectivity index (χ4n) is 2.87. The summed E-state index contributed by atoms with van der Waals surface area (Å²) in [5, 5.41) is 13.3. The van der Waals surface area contributed by atoms with Crippen LogP contribution >= 0.6 is 11.6 Å². The second kappa shape index (κ2) is 6.57. The van der Waals surface area contributed by atoms with Gasteiger partial charge in [0.1, 0.15) is 6.04 Å². The Labute approximate surface area is 137 Å². The van der Waals surface area contributed by atoms with Crippen LogP contribution in [0.15, 0.2) is 12.1 Å². The molecule has 122 valence electrons. The van der Waals surface area contributed by atoms with Gasteiger partial charge in [0.25, 0.3) is 0 Å². The molecule has 1 aromatic carbocycles. The molecule has 5 heteroatoms. The van der Waals surface area contributed by atoms with Gasteiger partial charge in [-0.05, 0) is 35.1 Å². The van der Waals surface area contributed by atoms with Crippen LogP contribution in [-0.2, 0) is 16.8 Å². The van der Waals surface area contributed by atoms with E-state index in [1.54, 1.807) is 0 Å². The second-order valence-electron chi connectivity index (χ2n) is 7.04. The summed E-state index contributed by atoms with van der Waals surface area (Å²) in [4.78, 5) is 13.4. The van der Waals surface area contributed by atoms with Crippen molar-refractivity contribution in [3.05, 3.63) is 33.8 Å². The summed E-state index contributed by atoms with van der Waals surface area (Å²) in [7, 11) is 0. The Morgan fingerprint density at radius 1 is 1.45 bits per heavy atom. The third kappa shape index (κ3) is 3.80. The average Bonchev–Trinajstić information content (AvgIpc) is 2.41. The first-order chi connectivity index (χ1) is 10.2. The monoisotopic (exact) mass is 324 g/mol. The van der Waals surface area contributed by atoms with Crippen LogP contribution in [0.4, 0.5) is 0 Å². The van der Waals surface area contributed by atoms with E-state index in [4.69, 9.17) is 11.6 Å². The van der Waals surface area contributed by atoms with Gasteiger partial charge in [0.2, 0.25) is 0 Å². The molecule has 2 N–H and O–H groups in total. The van der Waals surface area contributed by atoms with Crippen LogP contribution in [0.5, 0.6) is 0 Å². The quantitative estimate of drug-likeness (QED) is 0.897. The van der Waals surface area contributed by atoms with Gasteiger partial charge in [-0.1, -0.05) is 38.4 Å². The molecule has 4 nitrogen and oxygen atoms in total. The molecule has 1 saturated heterocycles. The summed E-state index contributed by atoms with van der Waals surface area (Å²) in [6, 6.07) is 3.66. The summed E-state index contributed by atoms with van der Waals surface area (Å²) in [6.45, 7) is 11.2. The number of aliphatic carboxylic acids is 1. The van der Waals surface area contributed by atoms with Gasteiger partial charge in [0, 0.05) is 31.2 Å². The van der Waals surface area contributed by atoms with Crippen molar-refractivity contribution in [2.24, 2.45) is 0 Å². The Hall–Kier alpha value is -1.10. The molecule has 1 fully saturated rings. The Bertz CT molecular complexity index is 567.